The van der Waals surface area contributed by atoms with E-state index in [2.05, 4.69) is 30.6 Å². The fraction of sp³-hybridized carbons (Fsp3) is 0.400. The summed E-state index contributed by atoms with van der Waals surface area (Å²) in [6.07, 6.45) is 11.8. The summed E-state index contributed by atoms with van der Waals surface area (Å²) < 4.78 is 0. The molecule has 0 aromatic rings. The molecule has 0 N–H and O–H groups in total. The third-order valence-corrected chi connectivity index (χ3v) is 3.46. The summed E-state index contributed by atoms with van der Waals surface area (Å²) in [6.45, 7) is 11.8. The molecule has 1 unspecified atom stereocenters. The second kappa shape index (κ2) is 4.68. The quantitative estimate of drug-likeness (QED) is 0.535. The van der Waals surface area contributed by atoms with Gasteiger partial charge in [0, 0.05) is 5.41 Å². The molecule has 1 aliphatic carbocycles. The molecule has 1 atom stereocenters. The van der Waals surface area contributed by atoms with Gasteiger partial charge in [0.2, 0.25) is 6.08 Å². The van der Waals surface area contributed by atoms with E-state index in [4.69, 9.17) is 0 Å². The van der Waals surface area contributed by atoms with E-state index in [0.29, 0.717) is 0 Å². The van der Waals surface area contributed by atoms with Gasteiger partial charge in [-0.15, -0.1) is 0 Å². The minimum Gasteiger partial charge on any atom is -0.211 e. The number of aliphatic imine (C=N–C) groups is 1. The van der Waals surface area contributed by atoms with Gasteiger partial charge in [0.05, 0.1) is 5.54 Å². The Bertz CT molecular complexity index is 459. The van der Waals surface area contributed by atoms with Crippen LogP contribution in [0, 0.1) is 5.41 Å². The zero-order valence-corrected chi connectivity index (χ0v) is 10.9. The summed E-state index contributed by atoms with van der Waals surface area (Å²) in [5.41, 5.74) is 1.29. The fourth-order valence-corrected chi connectivity index (χ4v) is 1.65. The molecular weight excluding hydrogens is 210 g/mol. The minimum absolute atomic E-state index is 0.307. The average Bonchev–Trinajstić information content (AvgIpc) is 2.41. The number of rotatable bonds is 3. The molecule has 0 saturated heterocycles. The van der Waals surface area contributed by atoms with E-state index < -0.39 is 5.54 Å². The maximum absolute atomic E-state index is 10.5. The largest absolute Gasteiger partial charge is 0.235 e. The molecule has 0 aromatic heterocycles. The first kappa shape index (κ1) is 13.4. The third kappa shape index (κ3) is 2.72. The van der Waals surface area contributed by atoms with E-state index in [1.807, 2.05) is 39.0 Å². The van der Waals surface area contributed by atoms with Crippen molar-refractivity contribution in [3.05, 3.63) is 48.1 Å². The smallest absolute Gasteiger partial charge is 0.211 e. The molecule has 0 radical (unpaired) electrons. The van der Waals surface area contributed by atoms with E-state index in [1.54, 1.807) is 6.08 Å². The molecule has 0 amide bonds. The molecule has 1 aliphatic rings. The van der Waals surface area contributed by atoms with Crippen LogP contribution in [0.15, 0.2) is 53.1 Å². The molecule has 0 fully saturated rings. The third-order valence-electron chi connectivity index (χ3n) is 3.46. The first-order valence-corrected chi connectivity index (χ1v) is 5.66. The van der Waals surface area contributed by atoms with Crippen molar-refractivity contribution in [1.29, 1.82) is 0 Å². The summed E-state index contributed by atoms with van der Waals surface area (Å²) in [5.74, 6) is 0. The van der Waals surface area contributed by atoms with Crippen LogP contribution in [0.1, 0.15) is 27.7 Å². The Hall–Kier alpha value is -1.66. The monoisotopic (exact) mass is 229 g/mol. The number of carbonyl (C=O) groups excluding carboxylic acids is 1. The standard InChI is InChI=1S/C15H19NO/c1-12(2)13-7-6-9-15(5,10-8-13)14(3,4)16-11-17/h6-10H,1H2,2-5H3. The predicted octanol–water partition coefficient (Wildman–Crippen LogP) is 3.74. The van der Waals surface area contributed by atoms with Gasteiger partial charge >= 0.3 is 0 Å². The van der Waals surface area contributed by atoms with Gasteiger partial charge < -0.3 is 0 Å². The minimum atomic E-state index is -0.514. The van der Waals surface area contributed by atoms with E-state index >= 15 is 0 Å². The second-order valence-electron chi connectivity index (χ2n) is 5.14. The molecule has 0 saturated carbocycles. The Morgan fingerprint density at radius 1 is 1.47 bits per heavy atom. The summed E-state index contributed by atoms with van der Waals surface area (Å²) in [6, 6.07) is 0. The van der Waals surface area contributed by atoms with Crippen molar-refractivity contribution in [3.63, 3.8) is 0 Å². The van der Waals surface area contributed by atoms with Gasteiger partial charge in [-0.2, -0.15) is 4.99 Å². The molecule has 2 nitrogen and oxygen atoms in total. The van der Waals surface area contributed by atoms with E-state index in [0.717, 1.165) is 11.1 Å². The zero-order valence-electron chi connectivity index (χ0n) is 10.9. The van der Waals surface area contributed by atoms with Crippen LogP contribution in [0.4, 0.5) is 0 Å². The predicted molar refractivity (Wildman–Crippen MR) is 71.5 cm³/mol. The molecule has 0 aliphatic heterocycles. The van der Waals surface area contributed by atoms with Gasteiger partial charge in [-0.05, 0) is 26.3 Å². The SMILES string of the molecule is C=C(C)C1=CC=CC(C)(C(C)(C)N=C=O)C=C1. The molecular formula is C15H19NO. The lowest BCUT2D eigenvalue weighted by Gasteiger charge is -2.35. The van der Waals surface area contributed by atoms with Crippen LogP contribution in [0.5, 0.6) is 0 Å². The Kier molecular flexibility index (Phi) is 3.69. The summed E-state index contributed by atoms with van der Waals surface area (Å²) >= 11 is 0. The first-order valence-electron chi connectivity index (χ1n) is 5.66. The van der Waals surface area contributed by atoms with Crippen LogP contribution in [0.3, 0.4) is 0 Å². The Balaban J connectivity index is 3.16. The lowest BCUT2D eigenvalue weighted by Crippen LogP contribution is -2.36. The molecule has 1 rings (SSSR count). The van der Waals surface area contributed by atoms with Crippen LogP contribution in [0.2, 0.25) is 0 Å². The maximum atomic E-state index is 10.5. The van der Waals surface area contributed by atoms with E-state index in [9.17, 15) is 4.79 Å². The first-order chi connectivity index (χ1) is 7.82. The number of nitrogens with zero attached hydrogens (tertiary/aromatic N) is 1. The zero-order chi connectivity index (χ0) is 13.1. The Morgan fingerprint density at radius 3 is 2.65 bits per heavy atom. The van der Waals surface area contributed by atoms with Crippen LogP contribution >= 0.6 is 0 Å². The van der Waals surface area contributed by atoms with Gasteiger partial charge in [-0.25, -0.2) is 4.79 Å². The maximum Gasteiger partial charge on any atom is 0.235 e. The van der Waals surface area contributed by atoms with Gasteiger partial charge in [0.15, 0.2) is 0 Å². The highest BCUT2D eigenvalue weighted by molar-refractivity contribution is 5.44. The molecule has 2 heteroatoms. The van der Waals surface area contributed by atoms with Crippen LogP contribution in [-0.4, -0.2) is 11.6 Å². The van der Waals surface area contributed by atoms with Crippen molar-refractivity contribution >= 4 is 6.08 Å². The molecule has 0 aromatic carbocycles. The highest BCUT2D eigenvalue weighted by Gasteiger charge is 2.37. The molecule has 17 heavy (non-hydrogen) atoms. The van der Waals surface area contributed by atoms with E-state index in [-0.39, 0.29) is 5.41 Å². The second-order valence-corrected chi connectivity index (χ2v) is 5.14. The number of hydrogen-bond acceptors (Lipinski definition) is 2. The van der Waals surface area contributed by atoms with Crippen molar-refractivity contribution < 1.29 is 4.79 Å². The van der Waals surface area contributed by atoms with Crippen molar-refractivity contribution in [2.75, 3.05) is 0 Å². The summed E-state index contributed by atoms with van der Waals surface area (Å²) in [5, 5.41) is 0. The van der Waals surface area contributed by atoms with Gasteiger partial charge in [-0.3, -0.25) is 0 Å². The normalized spacial score (nSPS) is 23.6. The van der Waals surface area contributed by atoms with Crippen LogP contribution in [-0.2, 0) is 4.79 Å². The molecule has 0 spiro atoms. The lowest BCUT2D eigenvalue weighted by atomic mass is 9.73. The summed E-state index contributed by atoms with van der Waals surface area (Å²) in [4.78, 5) is 14.4. The van der Waals surface area contributed by atoms with Gasteiger partial charge in [0.1, 0.15) is 0 Å². The molecule has 0 heterocycles. The lowest BCUT2D eigenvalue weighted by molar-refractivity contribution is 0.314. The Labute approximate surface area is 103 Å². The molecule has 90 valence electrons. The summed E-state index contributed by atoms with van der Waals surface area (Å²) in [7, 11) is 0. The highest BCUT2D eigenvalue weighted by atomic mass is 16.1. The van der Waals surface area contributed by atoms with Crippen molar-refractivity contribution in [2.24, 2.45) is 10.4 Å². The van der Waals surface area contributed by atoms with Gasteiger partial charge in [0.25, 0.3) is 0 Å². The van der Waals surface area contributed by atoms with Crippen molar-refractivity contribution in [2.45, 2.75) is 33.2 Å². The van der Waals surface area contributed by atoms with Gasteiger partial charge in [-0.1, -0.05) is 49.5 Å². The Morgan fingerprint density at radius 2 is 2.12 bits per heavy atom. The van der Waals surface area contributed by atoms with Crippen LogP contribution in [0.25, 0.3) is 0 Å². The number of hydrogen-bond donors (Lipinski definition) is 0. The fourth-order valence-electron chi connectivity index (χ4n) is 1.65. The number of isocyanates is 1. The van der Waals surface area contributed by atoms with Crippen LogP contribution < -0.4 is 0 Å². The molecule has 0 bridgehead atoms. The van der Waals surface area contributed by atoms with Crippen molar-refractivity contribution in [3.8, 4) is 0 Å². The highest BCUT2D eigenvalue weighted by Crippen LogP contribution is 2.38. The van der Waals surface area contributed by atoms with E-state index in [1.165, 1.54) is 0 Å². The average molecular weight is 229 g/mol. The van der Waals surface area contributed by atoms with Crippen molar-refractivity contribution in [1.82, 2.24) is 0 Å². The topological polar surface area (TPSA) is 29.4 Å². The number of allylic oxidation sites excluding steroid dienone is 5.